The number of aromatic nitrogens is 15. The molecule has 6 heterocycles. The van der Waals surface area contributed by atoms with Gasteiger partial charge in [-0.05, 0) is 126 Å². The van der Waals surface area contributed by atoms with E-state index >= 15 is 0 Å². The van der Waals surface area contributed by atoms with E-state index in [1.165, 1.54) is 61.2 Å². The van der Waals surface area contributed by atoms with Crippen LogP contribution in [-0.2, 0) is 19.3 Å². The fourth-order valence-electron chi connectivity index (χ4n) is 20.0. The number of nitrogens with zero attached hydrogens (tertiary/aromatic N) is 15. The molecule has 0 aliphatic heterocycles. The Hall–Kier alpha value is -19.8. The molecule has 3 aliphatic rings. The van der Waals surface area contributed by atoms with Crippen LogP contribution in [0.5, 0.6) is 0 Å². The maximum atomic E-state index is 5.12. The first-order valence-electron chi connectivity index (χ1n) is 49.1. The minimum Gasteiger partial charge on any atom is -0.236 e. The molecule has 24 aromatic rings. The zero-order chi connectivity index (χ0) is 97.7. The van der Waals surface area contributed by atoms with Gasteiger partial charge in [0.2, 0.25) is 0 Å². The predicted molar refractivity (Wildman–Crippen MR) is 589 cm³/mol. The summed E-state index contributed by atoms with van der Waals surface area (Å²) in [5.74, 6) is 5.63. The Kier molecular flexibility index (Phi) is 24.0. The van der Waals surface area contributed by atoms with Crippen molar-refractivity contribution in [2.45, 2.75) is 19.3 Å². The van der Waals surface area contributed by atoms with Gasteiger partial charge in [0, 0.05) is 119 Å². The number of fused-ring (bicyclic) bond motifs is 9. The summed E-state index contributed by atoms with van der Waals surface area (Å²) in [6, 6.07) is 163. The van der Waals surface area contributed by atoms with Crippen LogP contribution >= 0.6 is 0 Å². The summed E-state index contributed by atoms with van der Waals surface area (Å²) in [6.07, 6.45) is 7.44. The van der Waals surface area contributed by atoms with E-state index < -0.39 is 0 Å². The first kappa shape index (κ1) is 88.6. The fourth-order valence-corrected chi connectivity index (χ4v) is 20.0. The summed E-state index contributed by atoms with van der Waals surface area (Å²) >= 11 is 0. The van der Waals surface area contributed by atoms with Crippen molar-refractivity contribution in [2.24, 2.45) is 0 Å². The molecular weight excluding hydrogens is 1800 g/mol. The molecule has 15 nitrogen and oxygen atoms in total. The molecular formula is C132H87N15. The van der Waals surface area contributed by atoms with E-state index in [0.29, 0.717) is 52.4 Å². The van der Waals surface area contributed by atoms with Gasteiger partial charge >= 0.3 is 0 Å². The molecule has 18 aromatic carbocycles. The molecule has 147 heavy (non-hydrogen) atoms. The second kappa shape index (κ2) is 39.7. The van der Waals surface area contributed by atoms with E-state index in [4.69, 9.17) is 74.8 Å². The van der Waals surface area contributed by atoms with E-state index in [-0.39, 0.29) is 0 Å². The first-order valence-corrected chi connectivity index (χ1v) is 49.1. The zero-order valence-electron chi connectivity index (χ0n) is 79.6. The van der Waals surface area contributed by atoms with Gasteiger partial charge in [-0.15, -0.1) is 0 Å². The topological polar surface area (TPSA) is 193 Å². The van der Waals surface area contributed by atoms with Crippen LogP contribution in [0.25, 0.3) is 237 Å². The molecule has 0 radical (unpaired) electrons. The van der Waals surface area contributed by atoms with Gasteiger partial charge in [-0.1, -0.05) is 431 Å². The third kappa shape index (κ3) is 18.3. The van der Waals surface area contributed by atoms with Crippen LogP contribution in [0.2, 0.25) is 0 Å². The van der Waals surface area contributed by atoms with Crippen molar-refractivity contribution < 1.29 is 0 Å². The molecule has 3 aliphatic carbocycles. The highest BCUT2D eigenvalue weighted by atomic mass is 15.1. The van der Waals surface area contributed by atoms with Crippen LogP contribution in [-0.4, -0.2) is 74.8 Å². The highest BCUT2D eigenvalue weighted by molar-refractivity contribution is 5.91. The first-order chi connectivity index (χ1) is 72.8. The van der Waals surface area contributed by atoms with Gasteiger partial charge < -0.3 is 0 Å². The zero-order valence-corrected chi connectivity index (χ0v) is 79.6. The van der Waals surface area contributed by atoms with Crippen LogP contribution < -0.4 is 0 Å². The van der Waals surface area contributed by atoms with Crippen molar-refractivity contribution in [3.05, 3.63) is 526 Å². The number of benzene rings is 18. The monoisotopic (exact) mass is 1880 g/mol. The van der Waals surface area contributed by atoms with E-state index in [2.05, 4.69) is 334 Å². The summed E-state index contributed by atoms with van der Waals surface area (Å²) in [4.78, 5) is 73.6. The molecule has 0 amide bonds. The molecule has 0 bridgehead atoms. The van der Waals surface area contributed by atoms with Crippen molar-refractivity contribution in [1.29, 1.82) is 0 Å². The SMILES string of the molecule is c1ccc(-c2cc(-c3ccc(-c4nc(-c5ccccc5)nc(-c5ccccc5)n4)cc3)cc(-c3ncnc4c3Cc3ccccc3-4)c2)cc1.c1ccc(-c2ccc(-c3nc(-c4ccccc4)nc(-c4cc(-c5ccccc5)cc(-c5ncnc6c5Cc5ccccc5-6)c4)n3)cc2)cc1.c1ccc(-c2ccc(-c3nc(-c4ccccc4)nc(-c4cccc(-c5ncnc6c5Cc5c(-c7ccccc7)cccc5-6)c4)n3)cc2)cc1. The van der Waals surface area contributed by atoms with Gasteiger partial charge in [-0.3, -0.25) is 0 Å². The second-order valence-corrected chi connectivity index (χ2v) is 36.4. The number of rotatable bonds is 18. The van der Waals surface area contributed by atoms with Gasteiger partial charge in [0.05, 0.1) is 34.2 Å². The van der Waals surface area contributed by atoms with Crippen LogP contribution in [0.1, 0.15) is 33.4 Å². The average Bonchev–Trinajstić information content (AvgIpc) is 1.64. The second-order valence-electron chi connectivity index (χ2n) is 36.4. The Labute approximate surface area is 850 Å². The summed E-state index contributed by atoms with van der Waals surface area (Å²) in [5.41, 5.74) is 41.8. The lowest BCUT2D eigenvalue weighted by Gasteiger charge is -2.13. The molecule has 15 heteroatoms. The quantitative estimate of drug-likeness (QED) is 0.0787. The Morgan fingerprint density at radius 3 is 0.687 bits per heavy atom. The highest BCUT2D eigenvalue weighted by Crippen LogP contribution is 2.48. The lowest BCUT2D eigenvalue weighted by atomic mass is 9.93. The molecule has 27 rings (SSSR count). The van der Waals surface area contributed by atoms with Gasteiger partial charge in [0.15, 0.2) is 52.4 Å². The summed E-state index contributed by atoms with van der Waals surface area (Å²) < 4.78 is 0. The van der Waals surface area contributed by atoms with E-state index in [0.717, 1.165) is 176 Å². The Morgan fingerprint density at radius 1 is 0.116 bits per heavy atom. The van der Waals surface area contributed by atoms with Crippen molar-refractivity contribution in [1.82, 2.24) is 74.8 Å². The Bertz CT molecular complexity index is 8930. The third-order valence-corrected chi connectivity index (χ3v) is 27.3. The molecule has 0 fully saturated rings. The summed E-state index contributed by atoms with van der Waals surface area (Å²) in [5, 5.41) is 0. The molecule has 6 aromatic heterocycles. The minimum atomic E-state index is 0.601. The normalized spacial score (nSPS) is 11.6. The Morgan fingerprint density at radius 2 is 0.320 bits per heavy atom. The molecule has 0 saturated carbocycles. The number of hydrogen-bond donors (Lipinski definition) is 0. The van der Waals surface area contributed by atoms with Gasteiger partial charge in [0.1, 0.15) is 19.0 Å². The van der Waals surface area contributed by atoms with Gasteiger partial charge in [-0.2, -0.15) is 0 Å². The van der Waals surface area contributed by atoms with E-state index in [9.17, 15) is 0 Å². The van der Waals surface area contributed by atoms with Crippen LogP contribution in [0.4, 0.5) is 0 Å². The minimum absolute atomic E-state index is 0.601. The maximum Gasteiger partial charge on any atom is 0.164 e. The lowest BCUT2D eigenvalue weighted by Crippen LogP contribution is -2.01. The molecule has 690 valence electrons. The van der Waals surface area contributed by atoms with Crippen molar-refractivity contribution in [2.75, 3.05) is 0 Å². The highest BCUT2D eigenvalue weighted by Gasteiger charge is 2.31. The third-order valence-electron chi connectivity index (χ3n) is 27.3. The lowest BCUT2D eigenvalue weighted by molar-refractivity contribution is 1.07. The van der Waals surface area contributed by atoms with Crippen LogP contribution in [0.3, 0.4) is 0 Å². The number of hydrogen-bond acceptors (Lipinski definition) is 15. The summed E-state index contributed by atoms with van der Waals surface area (Å²) in [7, 11) is 0. The largest absolute Gasteiger partial charge is 0.236 e. The van der Waals surface area contributed by atoms with Gasteiger partial charge in [-0.25, -0.2) is 74.8 Å². The fraction of sp³-hybridized carbons (Fsp3) is 0.0227. The van der Waals surface area contributed by atoms with Crippen molar-refractivity contribution >= 4 is 0 Å². The predicted octanol–water partition coefficient (Wildman–Crippen LogP) is 30.7. The molecule has 0 saturated heterocycles. The Balaban J connectivity index is 0.000000115. The van der Waals surface area contributed by atoms with E-state index in [1.807, 2.05) is 140 Å². The average molecular weight is 1880 g/mol. The maximum absolute atomic E-state index is 5.12. The van der Waals surface area contributed by atoms with Crippen molar-refractivity contribution in [3.8, 4) is 237 Å². The molecule has 0 unspecified atom stereocenters. The van der Waals surface area contributed by atoms with Gasteiger partial charge in [0.25, 0.3) is 0 Å². The smallest absolute Gasteiger partial charge is 0.164 e. The summed E-state index contributed by atoms with van der Waals surface area (Å²) in [6.45, 7) is 0. The van der Waals surface area contributed by atoms with Crippen LogP contribution in [0.15, 0.2) is 492 Å². The van der Waals surface area contributed by atoms with Crippen LogP contribution in [0, 0.1) is 0 Å². The standard InChI is InChI=1S/3C44H29N5/c1-4-12-29(13-5-1)30-22-24-33(25-23-30)43-47-42(32-16-8-3-9-17-32)48-44(49-43)35-19-10-18-34(26-35)40-39-27-38-36(31-14-6-2-7-15-31)20-11-21-37(38)41(39)46-28-45-40;1-4-12-29(13-5-1)35-24-36(26-37(25-35)40-39-27-34-18-10-11-19-38(34)41(39)46-28-45-40)30-20-22-33(23-21-30)44-48-42(31-14-6-2-7-15-31)47-43(49-44)32-16-8-3-9-17-32;1-4-12-29(13-5-1)31-20-22-33(23-21-31)43-47-42(32-16-8-3-9-17-32)48-44(49-43)37-25-35(30-14-6-2-7-15-30)24-36(26-37)40-39-27-34-18-10-11-19-38(34)41(39)46-28-45-40/h3*1-26,28H,27H2. The van der Waals surface area contributed by atoms with Crippen molar-refractivity contribution in [3.63, 3.8) is 0 Å². The molecule has 0 atom stereocenters. The van der Waals surface area contributed by atoms with E-state index in [1.54, 1.807) is 19.0 Å². The molecule has 0 spiro atoms. The molecule has 0 N–H and O–H groups in total.